The molecule has 0 aromatic rings. The number of rotatable bonds is 35. The highest BCUT2D eigenvalue weighted by molar-refractivity contribution is 14.1. The van der Waals surface area contributed by atoms with Gasteiger partial charge in [-0.2, -0.15) is 0 Å². The number of hydrogen-bond donors (Lipinski definition) is 0. The molecule has 0 heterocycles. The Labute approximate surface area is 686 Å². The van der Waals surface area contributed by atoms with Crippen molar-refractivity contribution in [3.63, 3.8) is 0 Å². The first-order chi connectivity index (χ1) is 43.5. The summed E-state index contributed by atoms with van der Waals surface area (Å²) in [7, 11) is 0. The Balaban J connectivity index is -0.00000140. The average Bonchev–Trinajstić information content (AvgIpc) is 0.859. The molecule has 0 aliphatic rings. The summed E-state index contributed by atoms with van der Waals surface area (Å²) in [4.78, 5) is 145. The average molecular weight is 2190 g/mol. The Bertz CT molecular complexity index is 2110. The second-order valence-electron chi connectivity index (χ2n) is 29.9. The molecule has 0 aliphatic heterocycles. The van der Waals surface area contributed by atoms with Gasteiger partial charge in [0.1, 0.15) is 141 Å². The van der Waals surface area contributed by atoms with Gasteiger partial charge in [0.2, 0.25) is 0 Å². The van der Waals surface area contributed by atoms with Gasteiger partial charge in [-0.05, 0) is 173 Å². The Hall–Kier alpha value is -0.650. The van der Waals surface area contributed by atoms with Crippen molar-refractivity contribution in [2.45, 2.75) is 219 Å². The molecular weight excluding hydrogens is 2090 g/mol. The van der Waals surface area contributed by atoms with Crippen LogP contribution in [-0.2, 0) is 114 Å². The molecule has 0 aliphatic carbocycles. The minimum Gasteiger partial charge on any atom is -0.464 e. The molecule has 576 valence electrons. The summed E-state index contributed by atoms with van der Waals surface area (Å²) in [6.07, 6.45) is 0. The molecule has 35 heteroatoms. The number of ether oxygens (including phenoxy) is 12. The third kappa shape index (κ3) is 43.1. The van der Waals surface area contributed by atoms with Crippen LogP contribution in [0.25, 0.3) is 0 Å². The van der Waals surface area contributed by atoms with E-state index in [1.54, 1.807) is 132 Å². The first-order valence-electron chi connectivity index (χ1n) is 30.2. The van der Waals surface area contributed by atoms with Crippen LogP contribution in [0.15, 0.2) is 0 Å². The molecule has 0 bridgehead atoms. The van der Waals surface area contributed by atoms with Crippen LogP contribution in [0.1, 0.15) is 173 Å². The van der Waals surface area contributed by atoms with Crippen LogP contribution in [0.3, 0.4) is 0 Å². The van der Waals surface area contributed by atoms with Crippen LogP contribution < -0.4 is 0 Å². The van der Waals surface area contributed by atoms with Crippen LogP contribution in [0.4, 0.5) is 0 Å². The van der Waals surface area contributed by atoms with Gasteiger partial charge in [-0.25, -0.2) is 0 Å². The first kappa shape index (κ1) is 103. The topological polar surface area (TPSA) is 316 Å². The van der Waals surface area contributed by atoms with Crippen molar-refractivity contribution < 1.29 is 114 Å². The van der Waals surface area contributed by atoms with Gasteiger partial charge < -0.3 is 56.8 Å². The van der Waals surface area contributed by atoms with E-state index in [2.05, 4.69) is 63.7 Å². The van der Waals surface area contributed by atoms with E-state index in [4.69, 9.17) is 91.6 Å². The lowest BCUT2D eigenvalue weighted by molar-refractivity contribution is -0.177. The lowest BCUT2D eigenvalue weighted by Gasteiger charge is -2.34. The highest BCUT2D eigenvalue weighted by atomic mass is 127. The van der Waals surface area contributed by atoms with Crippen molar-refractivity contribution in [3.8, 4) is 0 Å². The second-order valence-corrected chi connectivity index (χ2v) is 51.4. The quantitative estimate of drug-likeness (QED) is 0.0246. The van der Waals surface area contributed by atoms with Crippen molar-refractivity contribution in [1.29, 1.82) is 0 Å². The maximum absolute atomic E-state index is 12.4. The molecule has 0 atom stereocenters. The van der Waals surface area contributed by atoms with E-state index in [9.17, 15) is 57.5 Å². The van der Waals surface area contributed by atoms with E-state index in [0.717, 1.165) is 0 Å². The van der Waals surface area contributed by atoms with Crippen LogP contribution in [-0.4, -0.2) is 197 Å². The zero-order valence-electron chi connectivity index (χ0n) is 60.9. The van der Waals surface area contributed by atoms with Gasteiger partial charge in [-0.15, -0.1) is 34.8 Å². The Morgan fingerprint density at radius 1 is 0.222 bits per heavy atom. The van der Waals surface area contributed by atoms with E-state index in [-0.39, 0.29) is 52.9 Å². The molecule has 0 aromatic carbocycles. The van der Waals surface area contributed by atoms with Gasteiger partial charge in [0, 0.05) is 0 Å². The largest absolute Gasteiger partial charge is 0.464 e. The minimum atomic E-state index is -1.45. The summed E-state index contributed by atoms with van der Waals surface area (Å²) in [6.45, 7) is 35.7. The van der Waals surface area contributed by atoms with E-state index in [1.165, 1.54) is 41.5 Å². The molecular formula is C64H99Br4Cl3I4O24. The monoisotopic (exact) mass is 2180 g/mol. The lowest BCUT2D eigenvalue weighted by Crippen LogP contribution is -2.47. The van der Waals surface area contributed by atoms with Crippen LogP contribution in [0.2, 0.25) is 0 Å². The van der Waals surface area contributed by atoms with E-state index >= 15 is 0 Å². The first-order valence-corrected chi connectivity index (χ1v) is 38.8. The lowest BCUT2D eigenvalue weighted by atomic mass is 9.91. The number of halogens is 11. The molecule has 0 aromatic heterocycles. The maximum atomic E-state index is 12.4. The molecule has 0 spiro atoms. The highest BCUT2D eigenvalue weighted by Crippen LogP contribution is 2.34. The van der Waals surface area contributed by atoms with Crippen molar-refractivity contribution in [2.24, 2.45) is 21.7 Å². The second kappa shape index (κ2) is 40.5. The normalized spacial score (nSPS) is 13.2. The van der Waals surface area contributed by atoms with Crippen molar-refractivity contribution >= 4 is 261 Å². The Kier molecular flexibility index (Phi) is 42.0. The van der Waals surface area contributed by atoms with E-state index in [0.29, 0.717) is 0 Å². The molecule has 0 rings (SSSR count). The van der Waals surface area contributed by atoms with Crippen molar-refractivity contribution in [1.82, 2.24) is 0 Å². The predicted octanol–water partition coefficient (Wildman–Crippen LogP) is 14.1. The fraction of sp³-hybridized carbons (Fsp3) is 0.812. The van der Waals surface area contributed by atoms with Crippen LogP contribution in [0.5, 0.6) is 0 Å². The standard InChI is InChI=1S/C22H35Cl3O8.C21H32Br4O8.C21H32I4O8/c1-18(2,3)14(26)30-10-22(11-31-15(27)19(4,5)23,12-32-16(28)20(6,7)24)13-33-17(29)21(8,9)25;2*1-17(2,22)13(26)30-9-21(10-31-14(27)18(3,4)23,11-32-15(28)19(5,6)24)12-33-16(29)20(7,8)25/h10-13H2,1-9H3;2*9-12H2,1-8H3. The molecule has 24 nitrogen and oxygen atoms in total. The molecule has 0 radical (unpaired) electrons. The third-order valence-corrected chi connectivity index (χ3v) is 15.6. The Morgan fingerprint density at radius 3 is 0.434 bits per heavy atom. The van der Waals surface area contributed by atoms with Crippen molar-refractivity contribution in [2.75, 3.05) is 79.3 Å². The summed E-state index contributed by atoms with van der Waals surface area (Å²) in [6, 6.07) is 0. The number of alkyl halides is 11. The van der Waals surface area contributed by atoms with Gasteiger partial charge in [-0.3, -0.25) is 57.5 Å². The predicted molar refractivity (Wildman–Crippen MR) is 422 cm³/mol. The molecule has 0 N–H and O–H groups in total. The van der Waals surface area contributed by atoms with Crippen LogP contribution >= 0.6 is 189 Å². The highest BCUT2D eigenvalue weighted by Gasteiger charge is 2.47. The number of esters is 12. The van der Waals surface area contributed by atoms with Crippen molar-refractivity contribution in [3.05, 3.63) is 0 Å². The minimum absolute atomic E-state index is 0.281. The van der Waals surface area contributed by atoms with Gasteiger partial charge in [0.15, 0.2) is 0 Å². The molecule has 0 saturated carbocycles. The van der Waals surface area contributed by atoms with Gasteiger partial charge in [0.05, 0.1) is 5.41 Å². The summed E-state index contributed by atoms with van der Waals surface area (Å²) in [5, 5.41) is 0. The molecule has 0 amide bonds. The summed E-state index contributed by atoms with van der Waals surface area (Å²) >= 11 is 38.7. The summed E-state index contributed by atoms with van der Waals surface area (Å²) < 4.78 is 57.9. The zero-order valence-corrected chi connectivity index (χ0v) is 78.2. The van der Waals surface area contributed by atoms with E-state index < -0.39 is 165 Å². The summed E-state index contributed by atoms with van der Waals surface area (Å²) in [5.41, 5.74) is -4.94. The maximum Gasteiger partial charge on any atom is 0.326 e. The van der Waals surface area contributed by atoms with Crippen LogP contribution in [0, 0.1) is 21.7 Å². The van der Waals surface area contributed by atoms with Gasteiger partial charge in [-0.1, -0.05) is 154 Å². The fourth-order valence-electron chi connectivity index (χ4n) is 5.48. The number of hydrogen-bond acceptors (Lipinski definition) is 24. The fourth-order valence-corrected chi connectivity index (χ4v) is 6.72. The molecule has 0 fully saturated rings. The number of carbonyl (C=O) groups is 12. The van der Waals surface area contributed by atoms with E-state index in [1.807, 2.05) is 90.4 Å². The summed E-state index contributed by atoms with van der Waals surface area (Å²) in [5.74, 6) is -7.31. The molecule has 99 heavy (non-hydrogen) atoms. The zero-order chi connectivity index (χ0) is 79.4. The Morgan fingerprint density at radius 2 is 0.333 bits per heavy atom. The molecule has 0 saturated heterocycles. The third-order valence-electron chi connectivity index (χ3n) is 12.1. The van der Waals surface area contributed by atoms with Gasteiger partial charge in [0.25, 0.3) is 0 Å². The SMILES string of the molecule is CC(C)(Br)C(=O)OCC(COC(=O)C(C)(C)Br)(COC(=O)C(C)(C)Br)COC(=O)C(C)(C)Br.CC(C)(C)C(=O)OCC(COC(=O)C(C)(C)Cl)(COC(=O)C(C)(C)Cl)COC(=O)C(C)(C)Cl.CC(C)(I)C(=O)OCC(COC(=O)C(C)(C)I)(COC(=O)C(C)(C)I)COC(=O)C(C)(C)I. The van der Waals surface area contributed by atoms with Gasteiger partial charge >= 0.3 is 71.6 Å². The molecule has 0 unspecified atom stereocenters. The number of carbonyl (C=O) groups excluding carboxylic acids is 12. The smallest absolute Gasteiger partial charge is 0.326 e.